The van der Waals surface area contributed by atoms with E-state index >= 15 is 0 Å². The second-order valence-electron chi connectivity index (χ2n) is 5.62. The minimum Gasteiger partial charge on any atom is -0.316 e. The van der Waals surface area contributed by atoms with E-state index in [-0.39, 0.29) is 10.4 Å². The van der Waals surface area contributed by atoms with Crippen LogP contribution in [0.3, 0.4) is 0 Å². The van der Waals surface area contributed by atoms with E-state index in [1.54, 1.807) is 0 Å². The number of H-pyrrole nitrogens is 2. The molecule has 0 amide bonds. The number of benzene rings is 1. The fraction of sp³-hybridized carbons (Fsp3) is 0.429. The van der Waals surface area contributed by atoms with Crippen LogP contribution in [0.1, 0.15) is 25.7 Å². The predicted octanol–water partition coefficient (Wildman–Crippen LogP) is 0.685. The molecular weight excluding hydrogens is 306 g/mol. The number of rotatable bonds is 4. The standard InChI is InChI=1S/C14H17N3O4S/c18-13-14(19)17-12-7-10(5-6-11(12)16-13)22(20,21)15-8-9-3-1-2-4-9/h5-7,9,15H,1-4,8H2,(H,16,18)(H,17,19). The van der Waals surface area contributed by atoms with Crippen molar-refractivity contribution in [3.8, 4) is 0 Å². The van der Waals surface area contributed by atoms with Crippen molar-refractivity contribution in [3.05, 3.63) is 38.9 Å². The zero-order chi connectivity index (χ0) is 15.7. The van der Waals surface area contributed by atoms with Gasteiger partial charge < -0.3 is 9.97 Å². The maximum atomic E-state index is 12.3. The Kier molecular flexibility index (Phi) is 3.88. The molecule has 1 fully saturated rings. The molecule has 0 saturated heterocycles. The molecule has 1 aromatic carbocycles. The van der Waals surface area contributed by atoms with Gasteiger partial charge in [-0.05, 0) is 37.0 Å². The summed E-state index contributed by atoms with van der Waals surface area (Å²) in [6, 6.07) is 4.23. The first-order chi connectivity index (χ1) is 10.5. The summed E-state index contributed by atoms with van der Waals surface area (Å²) in [7, 11) is -3.63. The molecule has 1 heterocycles. The zero-order valence-electron chi connectivity index (χ0n) is 11.9. The summed E-state index contributed by atoms with van der Waals surface area (Å²) in [5.41, 5.74) is -0.892. The summed E-state index contributed by atoms with van der Waals surface area (Å²) in [4.78, 5) is 27.4. The van der Waals surface area contributed by atoms with Crippen molar-refractivity contribution in [1.29, 1.82) is 0 Å². The number of aromatic amines is 2. The van der Waals surface area contributed by atoms with Crippen LogP contribution in [0.25, 0.3) is 11.0 Å². The molecule has 1 aliphatic rings. The zero-order valence-corrected chi connectivity index (χ0v) is 12.7. The van der Waals surface area contributed by atoms with Gasteiger partial charge >= 0.3 is 11.1 Å². The number of nitrogens with one attached hydrogen (secondary N) is 3. The molecule has 118 valence electrons. The molecule has 3 rings (SSSR count). The van der Waals surface area contributed by atoms with E-state index < -0.39 is 21.1 Å². The van der Waals surface area contributed by atoms with Gasteiger partial charge in [0.05, 0.1) is 15.9 Å². The molecular formula is C14H17N3O4S. The van der Waals surface area contributed by atoms with Crippen LogP contribution in [0.5, 0.6) is 0 Å². The van der Waals surface area contributed by atoms with Gasteiger partial charge in [0.15, 0.2) is 0 Å². The first kappa shape index (κ1) is 15.0. The Bertz CT molecular complexity index is 908. The smallest absolute Gasteiger partial charge is 0.314 e. The van der Waals surface area contributed by atoms with Crippen molar-refractivity contribution in [1.82, 2.24) is 14.7 Å². The summed E-state index contributed by atoms with van der Waals surface area (Å²) in [5, 5.41) is 0. The van der Waals surface area contributed by atoms with Gasteiger partial charge in [-0.15, -0.1) is 0 Å². The van der Waals surface area contributed by atoms with Crippen LogP contribution in [-0.4, -0.2) is 24.9 Å². The van der Waals surface area contributed by atoms with Crippen LogP contribution >= 0.6 is 0 Å². The van der Waals surface area contributed by atoms with E-state index in [9.17, 15) is 18.0 Å². The van der Waals surface area contributed by atoms with E-state index in [2.05, 4.69) is 14.7 Å². The van der Waals surface area contributed by atoms with Gasteiger partial charge in [-0.3, -0.25) is 9.59 Å². The predicted molar refractivity (Wildman–Crippen MR) is 82.3 cm³/mol. The maximum Gasteiger partial charge on any atom is 0.314 e. The molecule has 0 spiro atoms. The molecule has 1 saturated carbocycles. The molecule has 2 aromatic rings. The van der Waals surface area contributed by atoms with Crippen LogP contribution in [-0.2, 0) is 10.0 Å². The number of fused-ring (bicyclic) bond motifs is 1. The Morgan fingerprint density at radius 1 is 1.05 bits per heavy atom. The Hall–Kier alpha value is -1.93. The highest BCUT2D eigenvalue weighted by molar-refractivity contribution is 7.89. The fourth-order valence-corrected chi connectivity index (χ4v) is 3.93. The molecule has 3 N–H and O–H groups in total. The maximum absolute atomic E-state index is 12.3. The Morgan fingerprint density at radius 3 is 2.36 bits per heavy atom. The third kappa shape index (κ3) is 2.97. The van der Waals surface area contributed by atoms with Gasteiger partial charge in [0.25, 0.3) is 0 Å². The molecule has 22 heavy (non-hydrogen) atoms. The lowest BCUT2D eigenvalue weighted by Crippen LogP contribution is -2.30. The highest BCUT2D eigenvalue weighted by Gasteiger charge is 2.20. The third-order valence-corrected chi connectivity index (χ3v) is 5.46. The molecule has 0 radical (unpaired) electrons. The summed E-state index contributed by atoms with van der Waals surface area (Å²) >= 11 is 0. The average molecular weight is 323 g/mol. The third-order valence-electron chi connectivity index (χ3n) is 4.04. The lowest BCUT2D eigenvalue weighted by atomic mass is 10.1. The SMILES string of the molecule is O=c1[nH]c2ccc(S(=O)(=O)NCC3CCCC3)cc2[nH]c1=O. The molecule has 1 aromatic heterocycles. The lowest BCUT2D eigenvalue weighted by Gasteiger charge is -2.11. The molecule has 0 aliphatic heterocycles. The van der Waals surface area contributed by atoms with Crippen molar-refractivity contribution in [3.63, 3.8) is 0 Å². The number of aromatic nitrogens is 2. The van der Waals surface area contributed by atoms with Crippen LogP contribution in [0.2, 0.25) is 0 Å². The topological polar surface area (TPSA) is 112 Å². The van der Waals surface area contributed by atoms with Crippen molar-refractivity contribution < 1.29 is 8.42 Å². The van der Waals surface area contributed by atoms with Gasteiger partial charge in [-0.2, -0.15) is 0 Å². The Morgan fingerprint density at radius 2 is 1.68 bits per heavy atom. The van der Waals surface area contributed by atoms with Crippen LogP contribution in [0.4, 0.5) is 0 Å². The molecule has 1 aliphatic carbocycles. The van der Waals surface area contributed by atoms with E-state index in [0.29, 0.717) is 18.0 Å². The van der Waals surface area contributed by atoms with Gasteiger partial charge in [0.1, 0.15) is 0 Å². The molecule has 8 heteroatoms. The first-order valence-electron chi connectivity index (χ1n) is 7.22. The molecule has 0 bridgehead atoms. The van der Waals surface area contributed by atoms with Crippen molar-refractivity contribution >= 4 is 21.1 Å². The average Bonchev–Trinajstić information content (AvgIpc) is 2.99. The highest BCUT2D eigenvalue weighted by Crippen LogP contribution is 2.24. The normalized spacial score (nSPS) is 16.4. The van der Waals surface area contributed by atoms with Crippen molar-refractivity contribution in [2.75, 3.05) is 6.54 Å². The monoisotopic (exact) mass is 323 g/mol. The minimum absolute atomic E-state index is 0.0701. The number of sulfonamides is 1. The van der Waals surface area contributed by atoms with Gasteiger partial charge in [-0.1, -0.05) is 12.8 Å². The lowest BCUT2D eigenvalue weighted by molar-refractivity contribution is 0.519. The van der Waals surface area contributed by atoms with Crippen molar-refractivity contribution in [2.24, 2.45) is 5.92 Å². The van der Waals surface area contributed by atoms with Crippen molar-refractivity contribution in [2.45, 2.75) is 30.6 Å². The summed E-state index contributed by atoms with van der Waals surface area (Å²) in [6.07, 6.45) is 4.40. The highest BCUT2D eigenvalue weighted by atomic mass is 32.2. The fourth-order valence-electron chi connectivity index (χ4n) is 2.79. The first-order valence-corrected chi connectivity index (χ1v) is 8.70. The molecule has 0 atom stereocenters. The van der Waals surface area contributed by atoms with E-state index in [4.69, 9.17) is 0 Å². The second kappa shape index (κ2) is 5.69. The van der Waals surface area contributed by atoms with Crippen LogP contribution in [0.15, 0.2) is 32.7 Å². The van der Waals surface area contributed by atoms with E-state index in [1.807, 2.05) is 0 Å². The number of hydrogen-bond acceptors (Lipinski definition) is 4. The Labute approximate surface area is 126 Å². The summed E-state index contributed by atoms with van der Waals surface area (Å²) in [5.74, 6) is 0.395. The largest absolute Gasteiger partial charge is 0.316 e. The number of hydrogen-bond donors (Lipinski definition) is 3. The van der Waals surface area contributed by atoms with Crippen LogP contribution in [0, 0.1) is 5.92 Å². The molecule has 7 nitrogen and oxygen atoms in total. The minimum atomic E-state index is -3.63. The van der Waals surface area contributed by atoms with Gasteiger partial charge in [0.2, 0.25) is 10.0 Å². The quantitative estimate of drug-likeness (QED) is 0.718. The summed E-state index contributed by atoms with van der Waals surface area (Å²) < 4.78 is 27.2. The van der Waals surface area contributed by atoms with Gasteiger partial charge in [0, 0.05) is 6.54 Å². The van der Waals surface area contributed by atoms with Gasteiger partial charge in [-0.25, -0.2) is 13.1 Å². The van der Waals surface area contributed by atoms with E-state index in [1.165, 1.54) is 18.2 Å². The molecule has 0 unspecified atom stereocenters. The van der Waals surface area contributed by atoms with Crippen LogP contribution < -0.4 is 15.8 Å². The Balaban J connectivity index is 1.89. The summed E-state index contributed by atoms with van der Waals surface area (Å²) in [6.45, 7) is 0.433. The second-order valence-corrected chi connectivity index (χ2v) is 7.38. The van der Waals surface area contributed by atoms with E-state index in [0.717, 1.165) is 25.7 Å².